The second-order valence-corrected chi connectivity index (χ2v) is 6.22. The number of nitrogens with zero attached hydrogens (tertiary/aromatic N) is 1. The standard InChI is InChI=1S/C15H20FNO3S/c16-12-1-3-14(4-2-12)21-10-9-17-7-5-13(6-8-17)20-11-15(18)19/h1-4,13H,5-11H2,(H,18,19). The molecule has 6 heteroatoms. The Hall–Kier alpha value is -1.11. The van der Waals surface area contributed by atoms with Crippen molar-refractivity contribution in [2.75, 3.05) is 32.0 Å². The van der Waals surface area contributed by atoms with Crippen molar-refractivity contribution in [3.05, 3.63) is 30.1 Å². The highest BCUT2D eigenvalue weighted by atomic mass is 32.2. The second kappa shape index (κ2) is 8.36. The van der Waals surface area contributed by atoms with Gasteiger partial charge in [0, 0.05) is 30.3 Å². The number of carbonyl (C=O) groups is 1. The van der Waals surface area contributed by atoms with E-state index in [2.05, 4.69) is 4.90 Å². The summed E-state index contributed by atoms with van der Waals surface area (Å²) >= 11 is 1.72. The SMILES string of the molecule is O=C(O)COC1CCN(CCSc2ccc(F)cc2)CC1. The molecule has 0 amide bonds. The fraction of sp³-hybridized carbons (Fsp3) is 0.533. The van der Waals surface area contributed by atoms with Crippen LogP contribution in [0.2, 0.25) is 0 Å². The molecule has 0 bridgehead atoms. The normalized spacial score (nSPS) is 17.0. The molecule has 1 heterocycles. The first-order valence-electron chi connectivity index (χ1n) is 7.07. The number of hydrogen-bond donors (Lipinski definition) is 1. The van der Waals surface area contributed by atoms with Crippen LogP contribution in [-0.2, 0) is 9.53 Å². The number of benzene rings is 1. The predicted molar refractivity (Wildman–Crippen MR) is 80.2 cm³/mol. The Labute approximate surface area is 128 Å². The van der Waals surface area contributed by atoms with Crippen molar-refractivity contribution in [2.24, 2.45) is 0 Å². The molecule has 0 aliphatic carbocycles. The number of carboxylic acids is 1. The maximum Gasteiger partial charge on any atom is 0.329 e. The van der Waals surface area contributed by atoms with Gasteiger partial charge in [-0.25, -0.2) is 9.18 Å². The average Bonchev–Trinajstić information content (AvgIpc) is 2.48. The summed E-state index contributed by atoms with van der Waals surface area (Å²) < 4.78 is 18.1. The van der Waals surface area contributed by atoms with Gasteiger partial charge in [-0.3, -0.25) is 0 Å². The van der Waals surface area contributed by atoms with E-state index >= 15 is 0 Å². The molecular weight excluding hydrogens is 293 g/mol. The Morgan fingerprint density at radius 3 is 2.62 bits per heavy atom. The van der Waals surface area contributed by atoms with E-state index in [0.29, 0.717) is 0 Å². The summed E-state index contributed by atoms with van der Waals surface area (Å²) in [6, 6.07) is 6.55. The fourth-order valence-corrected chi connectivity index (χ4v) is 3.23. The lowest BCUT2D eigenvalue weighted by molar-refractivity contribution is -0.145. The van der Waals surface area contributed by atoms with Gasteiger partial charge >= 0.3 is 5.97 Å². The van der Waals surface area contributed by atoms with Crippen molar-refractivity contribution in [3.63, 3.8) is 0 Å². The van der Waals surface area contributed by atoms with Crippen molar-refractivity contribution >= 4 is 17.7 Å². The zero-order valence-electron chi connectivity index (χ0n) is 11.8. The summed E-state index contributed by atoms with van der Waals surface area (Å²) in [6.07, 6.45) is 1.84. The molecule has 4 nitrogen and oxygen atoms in total. The molecule has 1 fully saturated rings. The van der Waals surface area contributed by atoms with Crippen LogP contribution in [0.1, 0.15) is 12.8 Å². The lowest BCUT2D eigenvalue weighted by atomic mass is 10.1. The molecule has 0 saturated carbocycles. The van der Waals surface area contributed by atoms with Crippen LogP contribution >= 0.6 is 11.8 Å². The van der Waals surface area contributed by atoms with Gasteiger partial charge in [-0.2, -0.15) is 0 Å². The molecule has 1 N–H and O–H groups in total. The molecule has 1 aliphatic heterocycles. The Morgan fingerprint density at radius 2 is 2.00 bits per heavy atom. The third-order valence-electron chi connectivity index (χ3n) is 3.47. The third kappa shape index (κ3) is 6.03. The predicted octanol–water partition coefficient (Wildman–Crippen LogP) is 2.48. The van der Waals surface area contributed by atoms with E-state index in [9.17, 15) is 9.18 Å². The maximum absolute atomic E-state index is 12.8. The van der Waals surface area contributed by atoms with Crippen LogP contribution in [0.3, 0.4) is 0 Å². The van der Waals surface area contributed by atoms with E-state index in [0.717, 1.165) is 43.1 Å². The first-order valence-corrected chi connectivity index (χ1v) is 8.06. The molecule has 116 valence electrons. The molecule has 0 atom stereocenters. The van der Waals surface area contributed by atoms with Gasteiger partial charge in [-0.1, -0.05) is 0 Å². The lowest BCUT2D eigenvalue weighted by Gasteiger charge is -2.31. The highest BCUT2D eigenvalue weighted by Crippen LogP contribution is 2.19. The number of halogens is 1. The number of aliphatic carboxylic acids is 1. The largest absolute Gasteiger partial charge is 0.480 e. The summed E-state index contributed by atoms with van der Waals surface area (Å²) in [4.78, 5) is 13.9. The molecule has 1 aliphatic rings. The topological polar surface area (TPSA) is 49.8 Å². The van der Waals surface area contributed by atoms with E-state index in [1.54, 1.807) is 23.9 Å². The summed E-state index contributed by atoms with van der Waals surface area (Å²) in [5, 5.41) is 8.58. The van der Waals surface area contributed by atoms with Gasteiger partial charge < -0.3 is 14.7 Å². The minimum atomic E-state index is -0.909. The van der Waals surface area contributed by atoms with Crippen molar-refractivity contribution in [1.82, 2.24) is 4.90 Å². The first kappa shape index (κ1) is 16.3. The number of carboxylic acid groups (broad SMARTS) is 1. The van der Waals surface area contributed by atoms with Gasteiger partial charge in [0.25, 0.3) is 0 Å². The average molecular weight is 313 g/mol. The van der Waals surface area contributed by atoms with Gasteiger partial charge in [0.1, 0.15) is 12.4 Å². The van der Waals surface area contributed by atoms with Crippen molar-refractivity contribution < 1.29 is 19.0 Å². The molecule has 1 saturated heterocycles. The van der Waals surface area contributed by atoms with Crippen molar-refractivity contribution in [2.45, 2.75) is 23.8 Å². The van der Waals surface area contributed by atoms with Gasteiger partial charge in [-0.05, 0) is 37.1 Å². The van der Waals surface area contributed by atoms with Crippen LogP contribution in [0.15, 0.2) is 29.2 Å². The van der Waals surface area contributed by atoms with E-state index < -0.39 is 5.97 Å². The highest BCUT2D eigenvalue weighted by Gasteiger charge is 2.19. The molecule has 0 aromatic heterocycles. The molecule has 0 unspecified atom stereocenters. The summed E-state index contributed by atoms with van der Waals surface area (Å²) in [7, 11) is 0. The Bertz CT molecular complexity index is 447. The Balaban J connectivity index is 1.60. The van der Waals surface area contributed by atoms with E-state index in [1.807, 2.05) is 0 Å². The summed E-state index contributed by atoms with van der Waals surface area (Å²) in [5.41, 5.74) is 0. The molecule has 21 heavy (non-hydrogen) atoms. The maximum atomic E-state index is 12.8. The summed E-state index contributed by atoms with van der Waals surface area (Å²) in [5.74, 6) is -0.150. The number of rotatable bonds is 7. The van der Waals surface area contributed by atoms with Gasteiger partial charge in [-0.15, -0.1) is 11.8 Å². The first-order chi connectivity index (χ1) is 10.1. The second-order valence-electron chi connectivity index (χ2n) is 5.05. The van der Waals surface area contributed by atoms with E-state index in [-0.39, 0.29) is 18.5 Å². The molecular formula is C15H20FNO3S. The number of thioether (sulfide) groups is 1. The Morgan fingerprint density at radius 1 is 1.33 bits per heavy atom. The van der Waals surface area contributed by atoms with Gasteiger partial charge in [0.2, 0.25) is 0 Å². The molecule has 1 aromatic rings. The van der Waals surface area contributed by atoms with E-state index in [4.69, 9.17) is 9.84 Å². The lowest BCUT2D eigenvalue weighted by Crippen LogP contribution is -2.38. The zero-order valence-corrected chi connectivity index (χ0v) is 12.7. The van der Waals surface area contributed by atoms with Crippen LogP contribution in [0, 0.1) is 5.82 Å². The number of likely N-dealkylation sites (tertiary alicyclic amines) is 1. The highest BCUT2D eigenvalue weighted by molar-refractivity contribution is 7.99. The minimum Gasteiger partial charge on any atom is -0.480 e. The zero-order chi connectivity index (χ0) is 15.1. The van der Waals surface area contributed by atoms with Crippen molar-refractivity contribution in [1.29, 1.82) is 0 Å². The molecule has 2 rings (SSSR count). The van der Waals surface area contributed by atoms with Crippen LogP contribution in [0.5, 0.6) is 0 Å². The minimum absolute atomic E-state index is 0.0714. The van der Waals surface area contributed by atoms with E-state index in [1.165, 1.54) is 12.1 Å². The number of piperidine rings is 1. The monoisotopic (exact) mass is 313 g/mol. The summed E-state index contributed by atoms with van der Waals surface area (Å²) in [6.45, 7) is 2.65. The van der Waals surface area contributed by atoms with Gasteiger partial charge in [0.15, 0.2) is 0 Å². The van der Waals surface area contributed by atoms with Crippen LogP contribution in [0.4, 0.5) is 4.39 Å². The van der Waals surface area contributed by atoms with Crippen LogP contribution in [0.25, 0.3) is 0 Å². The fourth-order valence-electron chi connectivity index (χ4n) is 2.31. The Kier molecular flexibility index (Phi) is 6.48. The third-order valence-corrected chi connectivity index (χ3v) is 4.46. The van der Waals surface area contributed by atoms with Gasteiger partial charge in [0.05, 0.1) is 6.10 Å². The molecule has 0 spiro atoms. The molecule has 1 aromatic carbocycles. The number of hydrogen-bond acceptors (Lipinski definition) is 4. The van der Waals surface area contributed by atoms with Crippen LogP contribution < -0.4 is 0 Å². The van der Waals surface area contributed by atoms with Crippen molar-refractivity contribution in [3.8, 4) is 0 Å². The number of ether oxygens (including phenoxy) is 1. The molecule has 0 radical (unpaired) electrons. The quantitative estimate of drug-likeness (QED) is 0.784. The smallest absolute Gasteiger partial charge is 0.329 e. The van der Waals surface area contributed by atoms with Crippen LogP contribution in [-0.4, -0.2) is 54.1 Å².